The highest BCUT2D eigenvalue weighted by Crippen LogP contribution is 2.44. The number of rotatable bonds is 4. The zero-order chi connectivity index (χ0) is 24.0. The lowest BCUT2D eigenvalue weighted by atomic mass is 9.77. The van der Waals surface area contributed by atoms with Crippen LogP contribution in [0.4, 0.5) is 0 Å². The maximum atomic E-state index is 2.44. The van der Waals surface area contributed by atoms with Crippen molar-refractivity contribution in [2.75, 3.05) is 0 Å². The molecule has 0 N–H and O–H groups in total. The fourth-order valence-corrected chi connectivity index (χ4v) is 4.74. The van der Waals surface area contributed by atoms with Gasteiger partial charge in [0.05, 0.1) is 0 Å². The summed E-state index contributed by atoms with van der Waals surface area (Å²) < 4.78 is 0. The number of benzene rings is 3. The molecule has 0 amide bonds. The third kappa shape index (κ3) is 5.01. The molecule has 0 aromatic heterocycles. The van der Waals surface area contributed by atoms with Crippen LogP contribution in [0.25, 0.3) is 28.3 Å². The van der Waals surface area contributed by atoms with Crippen LogP contribution in [0, 0.1) is 12.3 Å². The predicted molar refractivity (Wildman–Crippen MR) is 146 cm³/mol. The van der Waals surface area contributed by atoms with Crippen LogP contribution in [0.2, 0.25) is 0 Å². The maximum absolute atomic E-state index is 2.44. The van der Waals surface area contributed by atoms with E-state index in [1.165, 1.54) is 50.1 Å². The molecule has 0 saturated heterocycles. The first-order chi connectivity index (χ1) is 15.4. The van der Waals surface area contributed by atoms with E-state index >= 15 is 0 Å². The van der Waals surface area contributed by atoms with E-state index in [1.807, 2.05) is 0 Å². The molecule has 0 aliphatic heterocycles. The molecule has 1 aliphatic carbocycles. The largest absolute Gasteiger partial charge is 0.0625 e. The average Bonchev–Trinajstić information content (AvgIpc) is 3.13. The summed E-state index contributed by atoms with van der Waals surface area (Å²) in [7, 11) is 0. The minimum atomic E-state index is 0.0889. The summed E-state index contributed by atoms with van der Waals surface area (Å²) >= 11 is 0. The van der Waals surface area contributed by atoms with Crippen LogP contribution in [0.3, 0.4) is 0 Å². The minimum absolute atomic E-state index is 0.0889. The maximum Gasteiger partial charge on any atom is 0.0164 e. The third-order valence-electron chi connectivity index (χ3n) is 6.63. The SMILES string of the molecule is CC(C)CC1=Cc2c(ccc(-c3ccccc3)c2-c2cc(C(C)(C)C)cc(C(C)(C)C)c2)[CH]1. The lowest BCUT2D eigenvalue weighted by molar-refractivity contribution is 0.569. The standard InChI is InChI=1S/C33H39/c1-22(2)16-23-17-25-14-15-29(24-12-10-9-11-13-24)31(30(25)18-23)26-19-27(32(3,4)5)21-28(20-26)33(6,7)8/h9-15,17-22H,16H2,1-8H3. The Morgan fingerprint density at radius 2 is 1.30 bits per heavy atom. The summed E-state index contributed by atoms with van der Waals surface area (Å²) in [6, 6.07) is 22.8. The Morgan fingerprint density at radius 1 is 0.697 bits per heavy atom. The van der Waals surface area contributed by atoms with Gasteiger partial charge in [0.25, 0.3) is 0 Å². The molecule has 3 aromatic carbocycles. The molecule has 171 valence electrons. The van der Waals surface area contributed by atoms with Gasteiger partial charge in [0.2, 0.25) is 0 Å². The summed E-state index contributed by atoms with van der Waals surface area (Å²) in [6.07, 6.45) is 5.95. The molecule has 0 spiro atoms. The zero-order valence-corrected chi connectivity index (χ0v) is 21.7. The van der Waals surface area contributed by atoms with Gasteiger partial charge in [-0.3, -0.25) is 0 Å². The van der Waals surface area contributed by atoms with E-state index in [0.29, 0.717) is 5.92 Å². The third-order valence-corrected chi connectivity index (χ3v) is 6.63. The topological polar surface area (TPSA) is 0 Å². The van der Waals surface area contributed by atoms with E-state index in [0.717, 1.165) is 6.42 Å². The van der Waals surface area contributed by atoms with Crippen molar-refractivity contribution in [3.05, 3.63) is 94.9 Å². The highest BCUT2D eigenvalue weighted by Gasteiger charge is 2.25. The van der Waals surface area contributed by atoms with E-state index in [9.17, 15) is 0 Å². The first-order valence-corrected chi connectivity index (χ1v) is 12.4. The fraction of sp³-hybridized carbons (Fsp3) is 0.364. The van der Waals surface area contributed by atoms with Crippen molar-refractivity contribution in [1.82, 2.24) is 0 Å². The summed E-state index contributed by atoms with van der Waals surface area (Å²) in [5.74, 6) is 0.649. The average molecular weight is 436 g/mol. The molecule has 0 heteroatoms. The van der Waals surface area contributed by atoms with Crippen molar-refractivity contribution in [2.45, 2.75) is 72.6 Å². The van der Waals surface area contributed by atoms with Gasteiger partial charge in [-0.1, -0.05) is 128 Å². The smallest absolute Gasteiger partial charge is 0.0164 e. The van der Waals surface area contributed by atoms with E-state index in [2.05, 4.69) is 129 Å². The van der Waals surface area contributed by atoms with Crippen LogP contribution >= 0.6 is 0 Å². The molecule has 0 unspecified atom stereocenters. The van der Waals surface area contributed by atoms with Gasteiger partial charge in [0.15, 0.2) is 0 Å². The van der Waals surface area contributed by atoms with E-state index in [1.54, 1.807) is 0 Å². The quantitative estimate of drug-likeness (QED) is 0.382. The Kier molecular flexibility index (Phi) is 6.16. The van der Waals surface area contributed by atoms with Crippen LogP contribution in [-0.4, -0.2) is 0 Å². The highest BCUT2D eigenvalue weighted by atomic mass is 14.3. The van der Waals surface area contributed by atoms with Crippen LogP contribution in [0.5, 0.6) is 0 Å². The predicted octanol–water partition coefficient (Wildman–Crippen LogP) is 9.61. The van der Waals surface area contributed by atoms with Gasteiger partial charge in [-0.2, -0.15) is 0 Å². The minimum Gasteiger partial charge on any atom is -0.0625 e. The van der Waals surface area contributed by atoms with Crippen LogP contribution in [0.1, 0.15) is 84.1 Å². The van der Waals surface area contributed by atoms with E-state index in [-0.39, 0.29) is 10.8 Å². The second-order valence-corrected chi connectivity index (χ2v) is 12.1. The van der Waals surface area contributed by atoms with Gasteiger partial charge in [-0.05, 0) is 67.7 Å². The highest BCUT2D eigenvalue weighted by molar-refractivity contribution is 5.94. The molecule has 0 heterocycles. The van der Waals surface area contributed by atoms with Crippen molar-refractivity contribution in [1.29, 1.82) is 0 Å². The van der Waals surface area contributed by atoms with Crippen LogP contribution in [-0.2, 0) is 10.8 Å². The Bertz CT molecular complexity index is 1140. The Balaban J connectivity index is 2.03. The number of allylic oxidation sites excluding steroid dienone is 1. The molecule has 1 radical (unpaired) electrons. The molecule has 0 bridgehead atoms. The Hall–Kier alpha value is -2.60. The number of hydrogen-bond acceptors (Lipinski definition) is 0. The lowest BCUT2D eigenvalue weighted by Crippen LogP contribution is -2.16. The van der Waals surface area contributed by atoms with E-state index < -0.39 is 0 Å². The van der Waals surface area contributed by atoms with Gasteiger partial charge in [-0.15, -0.1) is 0 Å². The normalized spacial score (nSPS) is 13.9. The second kappa shape index (κ2) is 8.64. The molecule has 4 rings (SSSR count). The Labute approximate surface area is 201 Å². The van der Waals surface area contributed by atoms with E-state index in [4.69, 9.17) is 0 Å². The molecular formula is C33H39. The van der Waals surface area contributed by atoms with Crippen molar-refractivity contribution in [2.24, 2.45) is 5.92 Å². The second-order valence-electron chi connectivity index (χ2n) is 12.1. The van der Waals surface area contributed by atoms with Crippen molar-refractivity contribution >= 4 is 6.08 Å². The van der Waals surface area contributed by atoms with Gasteiger partial charge >= 0.3 is 0 Å². The summed E-state index contributed by atoms with van der Waals surface area (Å²) in [6.45, 7) is 18.5. The molecule has 1 aliphatic rings. The van der Waals surface area contributed by atoms with Crippen molar-refractivity contribution in [3.8, 4) is 22.3 Å². The first-order valence-electron chi connectivity index (χ1n) is 12.4. The van der Waals surface area contributed by atoms with Gasteiger partial charge < -0.3 is 0 Å². The molecule has 0 saturated carbocycles. The summed E-state index contributed by atoms with van der Waals surface area (Å²) in [5, 5.41) is 0. The fourth-order valence-electron chi connectivity index (χ4n) is 4.74. The number of fused-ring (bicyclic) bond motifs is 1. The van der Waals surface area contributed by atoms with Gasteiger partial charge in [0, 0.05) is 6.42 Å². The molecule has 0 fully saturated rings. The molecule has 0 atom stereocenters. The lowest BCUT2D eigenvalue weighted by Gasteiger charge is -2.27. The van der Waals surface area contributed by atoms with Gasteiger partial charge in [-0.25, -0.2) is 0 Å². The first kappa shape index (κ1) is 23.6. The monoisotopic (exact) mass is 435 g/mol. The molecule has 33 heavy (non-hydrogen) atoms. The Morgan fingerprint density at radius 3 is 1.85 bits per heavy atom. The van der Waals surface area contributed by atoms with Crippen LogP contribution < -0.4 is 0 Å². The molecule has 0 nitrogen and oxygen atoms in total. The van der Waals surface area contributed by atoms with Crippen molar-refractivity contribution < 1.29 is 0 Å². The van der Waals surface area contributed by atoms with Crippen molar-refractivity contribution in [3.63, 3.8) is 0 Å². The van der Waals surface area contributed by atoms with Crippen LogP contribution in [0.15, 0.2) is 66.2 Å². The summed E-state index contributed by atoms with van der Waals surface area (Å²) in [5.41, 5.74) is 12.4. The molecular weight excluding hydrogens is 396 g/mol. The molecule has 3 aromatic rings. The number of hydrogen-bond donors (Lipinski definition) is 0. The summed E-state index contributed by atoms with van der Waals surface area (Å²) in [4.78, 5) is 0. The van der Waals surface area contributed by atoms with Gasteiger partial charge in [0.1, 0.15) is 0 Å². The zero-order valence-electron chi connectivity index (χ0n) is 21.7.